The number of carbonyl (C=O) groups is 1. The van der Waals surface area contributed by atoms with Crippen LogP contribution < -0.4 is 5.32 Å². The summed E-state index contributed by atoms with van der Waals surface area (Å²) in [6.07, 6.45) is 4.28. The Morgan fingerprint density at radius 2 is 1.96 bits per heavy atom. The number of benzene rings is 2. The Morgan fingerprint density at radius 3 is 2.69 bits per heavy atom. The monoisotopic (exact) mass is 351 g/mol. The van der Waals surface area contributed by atoms with Gasteiger partial charge in [0.2, 0.25) is 5.91 Å². The van der Waals surface area contributed by atoms with Gasteiger partial charge in [-0.1, -0.05) is 18.2 Å². The van der Waals surface area contributed by atoms with Crippen molar-refractivity contribution in [2.24, 2.45) is 0 Å². The van der Waals surface area contributed by atoms with Crippen LogP contribution in [-0.2, 0) is 17.8 Å². The molecule has 0 spiro atoms. The smallest absolute Gasteiger partial charge is 0.220 e. The molecule has 0 aliphatic carbocycles. The minimum Gasteiger partial charge on any atom is -0.352 e. The molecule has 1 N–H and O–H groups in total. The second-order valence-electron chi connectivity index (χ2n) is 5.84. The zero-order valence-corrected chi connectivity index (χ0v) is 13.8. The zero-order chi connectivity index (χ0) is 18.5. The fourth-order valence-corrected chi connectivity index (χ4v) is 2.78. The van der Waals surface area contributed by atoms with Crippen LogP contribution in [0.1, 0.15) is 23.1 Å². The number of aromatic nitrogens is 1. The van der Waals surface area contributed by atoms with Gasteiger partial charge in [0.05, 0.1) is 0 Å². The first-order valence-corrected chi connectivity index (χ1v) is 8.05. The van der Waals surface area contributed by atoms with E-state index in [-0.39, 0.29) is 24.4 Å². The van der Waals surface area contributed by atoms with E-state index in [0.717, 1.165) is 28.5 Å². The van der Waals surface area contributed by atoms with Crippen molar-refractivity contribution in [3.8, 4) is 6.07 Å². The van der Waals surface area contributed by atoms with Crippen LogP contribution in [0.5, 0.6) is 0 Å². The molecule has 26 heavy (non-hydrogen) atoms. The first-order chi connectivity index (χ1) is 12.6. The Morgan fingerprint density at radius 1 is 1.19 bits per heavy atom. The summed E-state index contributed by atoms with van der Waals surface area (Å²) < 4.78 is 27.1. The fourth-order valence-electron chi connectivity index (χ4n) is 2.78. The van der Waals surface area contributed by atoms with E-state index in [9.17, 15) is 13.6 Å². The number of hydrogen-bond acceptors (Lipinski definition) is 3. The molecule has 1 aromatic heterocycles. The lowest BCUT2D eigenvalue weighted by molar-refractivity contribution is -0.121. The summed E-state index contributed by atoms with van der Waals surface area (Å²) in [5.74, 6) is -2.08. The van der Waals surface area contributed by atoms with Gasteiger partial charge in [-0.2, -0.15) is 5.26 Å². The predicted octanol–water partition coefficient (Wildman–Crippen LogP) is 3.63. The first-order valence-electron chi connectivity index (χ1n) is 8.05. The van der Waals surface area contributed by atoms with E-state index in [0.29, 0.717) is 6.42 Å². The lowest BCUT2D eigenvalue weighted by atomic mass is 10.0. The molecular weight excluding hydrogens is 336 g/mol. The highest BCUT2D eigenvalue weighted by Gasteiger charge is 2.11. The Balaban J connectivity index is 1.60. The number of aryl methyl sites for hydroxylation is 1. The summed E-state index contributed by atoms with van der Waals surface area (Å²) in [7, 11) is 0. The maximum atomic E-state index is 13.6. The quantitative estimate of drug-likeness (QED) is 0.763. The van der Waals surface area contributed by atoms with Gasteiger partial charge in [-0.05, 0) is 41.1 Å². The Kier molecular flexibility index (Phi) is 5.18. The predicted molar refractivity (Wildman–Crippen MR) is 93.0 cm³/mol. The van der Waals surface area contributed by atoms with Crippen LogP contribution in [0.2, 0.25) is 0 Å². The van der Waals surface area contributed by atoms with Gasteiger partial charge >= 0.3 is 0 Å². The largest absolute Gasteiger partial charge is 0.352 e. The molecule has 0 aliphatic heterocycles. The van der Waals surface area contributed by atoms with Crippen LogP contribution in [0, 0.1) is 23.0 Å². The van der Waals surface area contributed by atoms with Crippen molar-refractivity contribution in [2.75, 3.05) is 0 Å². The van der Waals surface area contributed by atoms with Crippen molar-refractivity contribution >= 4 is 16.7 Å². The topological polar surface area (TPSA) is 65.8 Å². The summed E-state index contributed by atoms with van der Waals surface area (Å²) in [6.45, 7) is -0.00214. The highest BCUT2D eigenvalue weighted by Crippen LogP contribution is 2.19. The molecule has 1 heterocycles. The number of nitriles is 1. The average molecular weight is 351 g/mol. The van der Waals surface area contributed by atoms with Gasteiger partial charge in [0.1, 0.15) is 23.3 Å². The average Bonchev–Trinajstić information content (AvgIpc) is 2.64. The molecule has 0 radical (unpaired) electrons. The fraction of sp³-hybridized carbons (Fsp3) is 0.150. The second kappa shape index (κ2) is 7.70. The number of rotatable bonds is 5. The van der Waals surface area contributed by atoms with E-state index in [1.165, 1.54) is 6.07 Å². The van der Waals surface area contributed by atoms with Crippen LogP contribution in [0.15, 0.2) is 48.8 Å². The molecule has 0 saturated carbocycles. The van der Waals surface area contributed by atoms with Crippen molar-refractivity contribution in [1.82, 2.24) is 10.3 Å². The zero-order valence-electron chi connectivity index (χ0n) is 13.8. The van der Waals surface area contributed by atoms with Crippen molar-refractivity contribution in [1.29, 1.82) is 5.26 Å². The van der Waals surface area contributed by atoms with E-state index in [2.05, 4.69) is 10.3 Å². The maximum absolute atomic E-state index is 13.6. The molecule has 3 aromatic rings. The van der Waals surface area contributed by atoms with Gasteiger partial charge in [0, 0.05) is 30.7 Å². The number of nitrogens with one attached hydrogen (secondary N) is 1. The number of halogens is 2. The second-order valence-corrected chi connectivity index (χ2v) is 5.84. The molecule has 3 rings (SSSR count). The molecule has 0 saturated heterocycles. The highest BCUT2D eigenvalue weighted by molar-refractivity contribution is 5.85. The minimum absolute atomic E-state index is 0.00214. The highest BCUT2D eigenvalue weighted by atomic mass is 19.1. The molecule has 0 atom stereocenters. The van der Waals surface area contributed by atoms with Gasteiger partial charge in [0.25, 0.3) is 0 Å². The van der Waals surface area contributed by atoms with Crippen molar-refractivity contribution in [2.45, 2.75) is 19.4 Å². The number of carbonyl (C=O) groups excluding carboxylic acids is 1. The van der Waals surface area contributed by atoms with E-state index in [4.69, 9.17) is 5.26 Å². The molecule has 0 bridgehead atoms. The number of pyridine rings is 1. The number of nitrogens with zero attached hydrogens (tertiary/aromatic N) is 2. The van der Waals surface area contributed by atoms with Crippen LogP contribution in [0.25, 0.3) is 10.8 Å². The summed E-state index contributed by atoms with van der Waals surface area (Å²) in [5, 5.41) is 13.4. The summed E-state index contributed by atoms with van der Waals surface area (Å²) >= 11 is 0. The van der Waals surface area contributed by atoms with Crippen LogP contribution in [-0.4, -0.2) is 10.9 Å². The van der Waals surface area contributed by atoms with E-state index >= 15 is 0 Å². The third kappa shape index (κ3) is 3.83. The molecule has 0 unspecified atom stereocenters. The third-order valence-corrected chi connectivity index (χ3v) is 4.10. The Bertz CT molecular complexity index is 983. The minimum atomic E-state index is -0.930. The molecule has 0 fully saturated rings. The number of fused-ring (bicyclic) bond motifs is 1. The van der Waals surface area contributed by atoms with Crippen LogP contribution in [0.4, 0.5) is 8.78 Å². The standard InChI is InChI=1S/C20H15F2N3O/c21-18-8-13(9-19(22)17(18)10-23)11-25-20(26)5-4-14-2-1-3-15-12-24-7-6-16(14)15/h1-3,6-9,12H,4-5,11H2,(H,25,26). The van der Waals surface area contributed by atoms with Crippen LogP contribution in [0.3, 0.4) is 0 Å². The molecule has 0 aliphatic rings. The SMILES string of the molecule is N#Cc1c(F)cc(CNC(=O)CCc2cccc3cnccc23)cc1F. The number of hydrogen-bond donors (Lipinski definition) is 1. The molecule has 2 aromatic carbocycles. The van der Waals surface area contributed by atoms with Gasteiger partial charge in [-0.15, -0.1) is 0 Å². The van der Waals surface area contributed by atoms with Gasteiger partial charge in [-0.3, -0.25) is 9.78 Å². The maximum Gasteiger partial charge on any atom is 0.220 e. The summed E-state index contributed by atoms with van der Waals surface area (Å²) in [5.41, 5.74) is 0.685. The van der Waals surface area contributed by atoms with E-state index in [1.54, 1.807) is 12.4 Å². The Labute approximate surface area is 149 Å². The van der Waals surface area contributed by atoms with Crippen molar-refractivity contribution in [3.63, 3.8) is 0 Å². The van der Waals surface area contributed by atoms with Gasteiger partial charge < -0.3 is 5.32 Å². The van der Waals surface area contributed by atoms with E-state index in [1.807, 2.05) is 24.3 Å². The van der Waals surface area contributed by atoms with Crippen molar-refractivity contribution < 1.29 is 13.6 Å². The number of amides is 1. The molecule has 6 heteroatoms. The molecular formula is C20H15F2N3O. The lowest BCUT2D eigenvalue weighted by Gasteiger charge is -2.08. The molecule has 1 amide bonds. The third-order valence-electron chi connectivity index (χ3n) is 4.10. The normalized spacial score (nSPS) is 10.5. The lowest BCUT2D eigenvalue weighted by Crippen LogP contribution is -2.23. The first kappa shape index (κ1) is 17.5. The van der Waals surface area contributed by atoms with Gasteiger partial charge in [0.15, 0.2) is 0 Å². The molecule has 4 nitrogen and oxygen atoms in total. The van der Waals surface area contributed by atoms with E-state index < -0.39 is 17.2 Å². The summed E-state index contributed by atoms with van der Waals surface area (Å²) in [4.78, 5) is 16.1. The van der Waals surface area contributed by atoms with Crippen LogP contribution >= 0.6 is 0 Å². The van der Waals surface area contributed by atoms with Gasteiger partial charge in [-0.25, -0.2) is 8.78 Å². The van der Waals surface area contributed by atoms with Crippen molar-refractivity contribution in [3.05, 3.63) is 77.1 Å². The Hall–Kier alpha value is -3.33. The molecule has 130 valence electrons. The summed E-state index contributed by atoms with van der Waals surface area (Å²) in [6, 6.07) is 11.3.